The molecular weight excluding hydrogens is 582 g/mol. The first-order chi connectivity index (χ1) is 21.0. The van der Waals surface area contributed by atoms with Crippen LogP contribution >= 0.6 is 0 Å². The van der Waals surface area contributed by atoms with Crippen LogP contribution in [0.2, 0.25) is 0 Å². The minimum atomic E-state index is -4.60. The summed E-state index contributed by atoms with van der Waals surface area (Å²) in [6, 6.07) is 25.3. The van der Waals surface area contributed by atoms with Gasteiger partial charge in [0.15, 0.2) is 0 Å². The second kappa shape index (κ2) is 12.0. The van der Waals surface area contributed by atoms with Gasteiger partial charge in [-0.05, 0) is 70.8 Å². The summed E-state index contributed by atoms with van der Waals surface area (Å²) in [5.74, 6) is 1.18. The summed E-state index contributed by atoms with van der Waals surface area (Å²) in [7, 11) is 4.38. The van der Waals surface area contributed by atoms with Crippen LogP contribution in [0.3, 0.4) is 0 Å². The van der Waals surface area contributed by atoms with Crippen molar-refractivity contribution in [2.45, 2.75) is 12.4 Å². The Kier molecular flexibility index (Phi) is 8.32. The maximum atomic E-state index is 13.8. The van der Waals surface area contributed by atoms with E-state index in [4.69, 9.17) is 14.2 Å². The van der Waals surface area contributed by atoms with Crippen molar-refractivity contribution in [3.63, 3.8) is 0 Å². The summed E-state index contributed by atoms with van der Waals surface area (Å²) in [5.41, 5.74) is 1.90. The fourth-order valence-corrected chi connectivity index (χ4v) is 5.20. The van der Waals surface area contributed by atoms with Gasteiger partial charge in [-0.1, -0.05) is 54.6 Å². The van der Waals surface area contributed by atoms with E-state index in [9.17, 15) is 26.3 Å². The van der Waals surface area contributed by atoms with Gasteiger partial charge in [0.1, 0.15) is 17.2 Å². The molecule has 5 aromatic rings. The van der Waals surface area contributed by atoms with Gasteiger partial charge in [0, 0.05) is 22.3 Å². The summed E-state index contributed by atoms with van der Waals surface area (Å²) in [6.07, 6.45) is -9.17. The van der Waals surface area contributed by atoms with Crippen LogP contribution in [0.5, 0.6) is 17.2 Å². The Labute approximate surface area is 250 Å². The first-order valence-corrected chi connectivity index (χ1v) is 13.3. The topological polar surface area (TPSA) is 27.7 Å². The number of rotatable bonds is 7. The Morgan fingerprint density at radius 3 is 1.70 bits per heavy atom. The fourth-order valence-electron chi connectivity index (χ4n) is 5.20. The Morgan fingerprint density at radius 1 is 0.455 bits per heavy atom. The predicted molar refractivity (Wildman–Crippen MR) is 158 cm³/mol. The molecule has 0 aromatic heterocycles. The minimum Gasteiger partial charge on any atom is -0.497 e. The molecule has 0 atom stereocenters. The Morgan fingerprint density at radius 2 is 1.09 bits per heavy atom. The lowest BCUT2D eigenvalue weighted by atomic mass is 9.83. The number of benzene rings is 5. The van der Waals surface area contributed by atoms with Crippen molar-refractivity contribution >= 4 is 0 Å². The number of halogens is 6. The summed E-state index contributed by atoms with van der Waals surface area (Å²) < 4.78 is 99.1. The van der Waals surface area contributed by atoms with Gasteiger partial charge in [-0.2, -0.15) is 26.3 Å². The average Bonchev–Trinajstić information content (AvgIpc) is 3.03. The van der Waals surface area contributed by atoms with Gasteiger partial charge < -0.3 is 14.2 Å². The molecular formula is C35H26F6O3. The number of alkyl halides is 6. The van der Waals surface area contributed by atoms with Gasteiger partial charge >= 0.3 is 12.4 Å². The molecule has 0 aliphatic heterocycles. The first-order valence-electron chi connectivity index (χ1n) is 13.3. The molecule has 9 heteroatoms. The largest absolute Gasteiger partial charge is 0.497 e. The lowest BCUT2D eigenvalue weighted by molar-refractivity contribution is -0.138. The Hall–Kier alpha value is -4.92. The molecule has 0 amide bonds. The van der Waals surface area contributed by atoms with Crippen LogP contribution in [-0.4, -0.2) is 21.3 Å². The highest BCUT2D eigenvalue weighted by molar-refractivity contribution is 6.03. The summed E-state index contributed by atoms with van der Waals surface area (Å²) in [6.45, 7) is 0. The van der Waals surface area contributed by atoms with Gasteiger partial charge in [-0.15, -0.1) is 0 Å². The van der Waals surface area contributed by atoms with E-state index in [1.54, 1.807) is 48.5 Å². The number of para-hydroxylation sites is 1. The van der Waals surface area contributed by atoms with Crippen LogP contribution < -0.4 is 14.2 Å². The minimum absolute atomic E-state index is 0.177. The molecule has 0 N–H and O–H groups in total. The van der Waals surface area contributed by atoms with Crippen molar-refractivity contribution in [3.8, 4) is 61.8 Å². The van der Waals surface area contributed by atoms with E-state index in [2.05, 4.69) is 0 Å². The molecule has 0 radical (unpaired) electrons. The number of hydrogen-bond donors (Lipinski definition) is 0. The molecule has 5 rings (SSSR count). The van der Waals surface area contributed by atoms with E-state index >= 15 is 0 Å². The molecule has 44 heavy (non-hydrogen) atoms. The number of methoxy groups -OCH3 is 3. The average molecular weight is 609 g/mol. The monoisotopic (exact) mass is 608 g/mol. The lowest BCUT2D eigenvalue weighted by Crippen LogP contribution is -2.05. The maximum absolute atomic E-state index is 13.8. The highest BCUT2D eigenvalue weighted by atomic mass is 19.4. The highest BCUT2D eigenvalue weighted by Gasteiger charge is 2.33. The summed E-state index contributed by atoms with van der Waals surface area (Å²) in [5, 5.41) is 0. The molecule has 3 nitrogen and oxygen atoms in total. The lowest BCUT2D eigenvalue weighted by Gasteiger charge is -2.24. The van der Waals surface area contributed by atoms with Crippen molar-refractivity contribution in [2.24, 2.45) is 0 Å². The molecule has 0 aliphatic carbocycles. The molecule has 0 bridgehead atoms. The van der Waals surface area contributed by atoms with E-state index in [-0.39, 0.29) is 11.3 Å². The standard InChI is InChI=1S/C35H26F6O3/c1-42-26-11-7-9-23(19-26)28-20-29(22-8-6-10-25(18-22)35(39,40)41)33(44-3)31(21-14-16-24(17-15-21)34(36,37)38)32(28)27-12-4-5-13-30(27)43-2/h4-20H,1-3H3. The van der Waals surface area contributed by atoms with E-state index in [0.717, 1.165) is 24.3 Å². The quantitative estimate of drug-likeness (QED) is 0.172. The van der Waals surface area contributed by atoms with Crippen molar-refractivity contribution in [1.82, 2.24) is 0 Å². The van der Waals surface area contributed by atoms with Gasteiger partial charge in [0.05, 0.1) is 32.5 Å². The zero-order valence-electron chi connectivity index (χ0n) is 23.8. The van der Waals surface area contributed by atoms with Crippen LogP contribution in [0.25, 0.3) is 44.5 Å². The van der Waals surface area contributed by atoms with Crippen LogP contribution in [0, 0.1) is 0 Å². The van der Waals surface area contributed by atoms with Gasteiger partial charge in [-0.3, -0.25) is 0 Å². The molecule has 226 valence electrons. The molecule has 0 fully saturated rings. The van der Waals surface area contributed by atoms with Crippen LogP contribution in [0.4, 0.5) is 26.3 Å². The molecule has 5 aromatic carbocycles. The second-order valence-electron chi connectivity index (χ2n) is 9.84. The second-order valence-corrected chi connectivity index (χ2v) is 9.84. The SMILES string of the molecule is COc1cccc(-c2cc(-c3cccc(C(F)(F)F)c3)c(OC)c(-c3ccc(C(F)(F)F)cc3)c2-c2ccccc2OC)c1. The van der Waals surface area contributed by atoms with E-state index in [0.29, 0.717) is 50.4 Å². The van der Waals surface area contributed by atoms with Crippen molar-refractivity contribution < 1.29 is 40.6 Å². The number of hydrogen-bond acceptors (Lipinski definition) is 3. The molecule has 0 spiro atoms. The van der Waals surface area contributed by atoms with Gasteiger partial charge in [-0.25, -0.2) is 0 Å². The third-order valence-electron chi connectivity index (χ3n) is 7.24. The van der Waals surface area contributed by atoms with Crippen molar-refractivity contribution in [3.05, 3.63) is 114 Å². The summed E-state index contributed by atoms with van der Waals surface area (Å²) in [4.78, 5) is 0. The van der Waals surface area contributed by atoms with Crippen molar-refractivity contribution in [2.75, 3.05) is 21.3 Å². The van der Waals surface area contributed by atoms with Gasteiger partial charge in [0.25, 0.3) is 0 Å². The van der Waals surface area contributed by atoms with Crippen LogP contribution in [0.15, 0.2) is 103 Å². The van der Waals surface area contributed by atoms with E-state index in [1.807, 2.05) is 6.07 Å². The third-order valence-corrected chi connectivity index (χ3v) is 7.24. The van der Waals surface area contributed by atoms with Crippen LogP contribution in [-0.2, 0) is 12.4 Å². The molecule has 0 aliphatic rings. The van der Waals surface area contributed by atoms with Gasteiger partial charge in [0.2, 0.25) is 0 Å². The zero-order chi connectivity index (χ0) is 31.6. The number of ether oxygens (including phenoxy) is 3. The van der Waals surface area contributed by atoms with E-state index < -0.39 is 23.5 Å². The molecule has 0 unspecified atom stereocenters. The fraction of sp³-hybridized carbons (Fsp3) is 0.143. The molecule has 0 heterocycles. The van der Waals surface area contributed by atoms with Crippen LogP contribution in [0.1, 0.15) is 11.1 Å². The smallest absolute Gasteiger partial charge is 0.416 e. The molecule has 0 saturated heterocycles. The summed E-state index contributed by atoms with van der Waals surface area (Å²) >= 11 is 0. The maximum Gasteiger partial charge on any atom is 0.416 e. The third kappa shape index (κ3) is 5.95. The predicted octanol–water partition coefficient (Wildman–Crippen LogP) is 10.4. The highest BCUT2D eigenvalue weighted by Crippen LogP contribution is 2.52. The normalized spacial score (nSPS) is 11.8. The van der Waals surface area contributed by atoms with Crippen molar-refractivity contribution in [1.29, 1.82) is 0 Å². The molecule has 0 saturated carbocycles. The van der Waals surface area contributed by atoms with E-state index in [1.165, 1.54) is 45.6 Å². The first kappa shape index (κ1) is 30.5. The Balaban J connectivity index is 1.97. The Bertz CT molecular complexity index is 1790. The zero-order valence-corrected chi connectivity index (χ0v) is 23.8.